The van der Waals surface area contributed by atoms with Crippen molar-refractivity contribution in [3.8, 4) is 0 Å². The maximum Gasteiger partial charge on any atom is 0.243 e. The van der Waals surface area contributed by atoms with E-state index in [1.54, 1.807) is 31.0 Å². The van der Waals surface area contributed by atoms with E-state index in [1.165, 1.54) is 0 Å². The van der Waals surface area contributed by atoms with Gasteiger partial charge in [0.1, 0.15) is 30.2 Å². The molecule has 0 aliphatic heterocycles. The van der Waals surface area contributed by atoms with Crippen LogP contribution in [0.4, 0.5) is 0 Å². The third-order valence-corrected chi connectivity index (χ3v) is 15.2. The lowest BCUT2D eigenvalue weighted by Gasteiger charge is -2.27. The quantitative estimate of drug-likeness (QED) is 0.0261. The van der Waals surface area contributed by atoms with Gasteiger partial charge in [-0.25, -0.2) is 0 Å². The van der Waals surface area contributed by atoms with Crippen molar-refractivity contribution in [3.63, 3.8) is 0 Å². The molecule has 0 spiro atoms. The van der Waals surface area contributed by atoms with Gasteiger partial charge in [-0.05, 0) is 58.1 Å². The molecule has 0 radical (unpaired) electrons. The van der Waals surface area contributed by atoms with Crippen LogP contribution in [0.1, 0.15) is 34.2 Å². The Hall–Kier alpha value is -9.54. The molecule has 10 rings (SSSR count). The summed E-state index contributed by atoms with van der Waals surface area (Å²) in [4.78, 5) is 104. The molecule has 14 N–H and O–H groups in total. The van der Waals surface area contributed by atoms with E-state index in [1.807, 2.05) is 121 Å². The average Bonchev–Trinajstić information content (AvgIpc) is 4.60. The number of hydrogen-bond donors (Lipinski definition) is 12. The fourth-order valence-electron chi connectivity index (χ4n) is 10.8. The number of aromatic nitrogens is 5. The first-order valence-electron chi connectivity index (χ1n) is 28.5. The Morgan fingerprint density at radius 1 is 0.353 bits per heavy atom. The maximum atomic E-state index is 15.4. The van der Waals surface area contributed by atoms with E-state index in [4.69, 9.17) is 25.7 Å². The van der Waals surface area contributed by atoms with Crippen LogP contribution in [0.5, 0.6) is 0 Å². The number of aromatic amines is 5. The second-order valence-electron chi connectivity index (χ2n) is 21.0. The molecule has 6 amide bonds. The number of nitrogens with one attached hydrogen (secondary N) is 10. The zero-order chi connectivity index (χ0) is 59.1. The molecule has 440 valence electrons. The Morgan fingerprint density at radius 2 is 0.612 bits per heavy atom. The van der Waals surface area contributed by atoms with Gasteiger partial charge in [-0.1, -0.05) is 91.0 Å². The van der Waals surface area contributed by atoms with Gasteiger partial charge in [-0.2, -0.15) is 0 Å². The smallest absolute Gasteiger partial charge is 0.243 e. The number of fused-ring (bicyclic) bond motifs is 5. The van der Waals surface area contributed by atoms with Crippen LogP contribution in [0.15, 0.2) is 152 Å². The van der Waals surface area contributed by atoms with E-state index < -0.39 is 65.7 Å². The molecule has 0 unspecified atom stereocenters. The van der Waals surface area contributed by atoms with Gasteiger partial charge >= 0.3 is 0 Å². The van der Waals surface area contributed by atoms with Crippen LogP contribution in [0.25, 0.3) is 54.5 Å². The number of primary amides is 1. The van der Waals surface area contributed by atoms with Crippen molar-refractivity contribution in [1.29, 1.82) is 0 Å². The van der Waals surface area contributed by atoms with Gasteiger partial charge < -0.3 is 77.2 Å². The van der Waals surface area contributed by atoms with Crippen LogP contribution in [-0.2, 0) is 75.1 Å². The minimum atomic E-state index is -1.36. The number of rotatable bonds is 31. The van der Waals surface area contributed by atoms with Crippen molar-refractivity contribution in [2.45, 2.75) is 68.7 Å². The molecule has 0 bridgehead atoms. The normalized spacial score (nSPS) is 13.4. The molecule has 5 aromatic heterocycles. The zero-order valence-electron chi connectivity index (χ0n) is 46.8. The number of para-hydroxylation sites is 5. The average molecular weight is 1150 g/mol. The summed E-state index contributed by atoms with van der Waals surface area (Å²) >= 11 is 0. The van der Waals surface area contributed by atoms with Crippen molar-refractivity contribution >= 4 is 90.0 Å². The highest BCUT2D eigenvalue weighted by atomic mass is 16.5. The number of nitrogens with two attached hydrogens (primary N) is 2. The Balaban J connectivity index is 0.933. The molecule has 5 heterocycles. The van der Waals surface area contributed by atoms with E-state index in [0.717, 1.165) is 65.6 Å². The van der Waals surface area contributed by atoms with Gasteiger partial charge in [0.2, 0.25) is 35.4 Å². The zero-order valence-corrected chi connectivity index (χ0v) is 46.8. The van der Waals surface area contributed by atoms with Crippen molar-refractivity contribution in [1.82, 2.24) is 51.5 Å². The van der Waals surface area contributed by atoms with Gasteiger partial charge in [0.15, 0.2) is 0 Å². The number of carbonyl (C=O) groups is 6. The molecule has 85 heavy (non-hydrogen) atoms. The molecule has 0 aliphatic carbocycles. The van der Waals surface area contributed by atoms with Crippen LogP contribution in [0, 0.1) is 0 Å². The summed E-state index contributed by atoms with van der Waals surface area (Å²) in [5, 5.41) is 18.8. The van der Waals surface area contributed by atoms with Crippen molar-refractivity contribution in [2.24, 2.45) is 11.5 Å². The van der Waals surface area contributed by atoms with Gasteiger partial charge in [-0.15, -0.1) is 0 Å². The molecule has 10 aromatic rings. The Bertz CT molecular complexity index is 3930. The van der Waals surface area contributed by atoms with Crippen LogP contribution >= 0.6 is 0 Å². The van der Waals surface area contributed by atoms with Gasteiger partial charge in [-0.3, -0.25) is 28.8 Å². The summed E-state index contributed by atoms with van der Waals surface area (Å²) in [6.07, 6.45) is 8.77. The maximum absolute atomic E-state index is 15.4. The highest BCUT2D eigenvalue weighted by molar-refractivity contribution is 5.99. The number of hydrogen-bond acceptors (Lipinski definition) is 10. The summed E-state index contributed by atoms with van der Waals surface area (Å²) < 4.78 is 16.6. The highest BCUT2D eigenvalue weighted by Gasteiger charge is 2.34. The molecule has 0 aliphatic rings. The lowest BCUT2D eigenvalue weighted by atomic mass is 9.99. The second-order valence-corrected chi connectivity index (χ2v) is 21.0. The number of amides is 6. The molecule has 21 heteroatoms. The minimum absolute atomic E-state index is 0.0248. The molecule has 5 atom stereocenters. The highest BCUT2D eigenvalue weighted by Crippen LogP contribution is 2.25. The Labute approximate surface area is 489 Å². The third kappa shape index (κ3) is 14.8. The van der Waals surface area contributed by atoms with E-state index in [9.17, 15) is 14.4 Å². The predicted octanol–water partition coefficient (Wildman–Crippen LogP) is 4.91. The molecule has 0 saturated heterocycles. The fourth-order valence-corrected chi connectivity index (χ4v) is 10.8. The molecule has 0 fully saturated rings. The molecule has 21 nitrogen and oxygen atoms in total. The summed E-state index contributed by atoms with van der Waals surface area (Å²) in [5.74, 6) is -4.03. The van der Waals surface area contributed by atoms with Crippen LogP contribution < -0.4 is 38.1 Å². The van der Waals surface area contributed by atoms with Crippen LogP contribution in [0.3, 0.4) is 0 Å². The second kappa shape index (κ2) is 28.2. The van der Waals surface area contributed by atoms with Gasteiger partial charge in [0.05, 0.1) is 39.6 Å². The number of carbonyl (C=O) groups excluding carboxylic acids is 6. The number of benzene rings is 5. The van der Waals surface area contributed by atoms with E-state index in [-0.39, 0.29) is 58.3 Å². The van der Waals surface area contributed by atoms with Crippen molar-refractivity contribution in [2.75, 3.05) is 46.2 Å². The molecular formula is C64H70N12O9. The summed E-state index contributed by atoms with van der Waals surface area (Å²) in [6.45, 7) is 2.18. The SMILES string of the molecule is NCCOCCOCCOCCC(=O)N[C@@H](Cc1c[nH]c2ccccc12)C(=O)N[C@H](Cc1c[nH]c2ccccc12)C(=O)N[C@@H](Cc1c[nH]c2ccccc12)C(=O)N[C@H](Cc1c[nH]c2ccccc12)C(=O)N[C@@H](Cc1c[nH]c2ccccc12)C(N)=O. The fraction of sp³-hybridized carbons (Fsp3) is 0.281. The van der Waals surface area contributed by atoms with Crippen molar-refractivity contribution in [3.05, 3.63) is 180 Å². The lowest BCUT2D eigenvalue weighted by molar-refractivity contribution is -0.135. The third-order valence-electron chi connectivity index (χ3n) is 15.2. The van der Waals surface area contributed by atoms with Crippen molar-refractivity contribution < 1.29 is 43.0 Å². The first-order chi connectivity index (χ1) is 41.5. The molecular weight excluding hydrogens is 1080 g/mol. The summed E-state index contributed by atoms with van der Waals surface area (Å²) in [6, 6.07) is 31.4. The van der Waals surface area contributed by atoms with E-state index in [0.29, 0.717) is 43.1 Å². The Kier molecular flexibility index (Phi) is 19.4. The standard InChI is InChI=1S/C64H70N12O9/c65-22-24-84-26-28-85-27-25-83-23-21-59(77)72-55(30-40-35-68-50-17-7-2-12-45(40)50)61(79)74-57(32-42-37-70-52-19-9-4-14-47(42)52)63(81)76-58(33-43-38-71-53-20-10-5-15-48(43)53)64(82)75-56(31-41-36-69-51-18-8-3-13-46(41)51)62(80)73-54(60(66)78)29-39-34-67-49-16-6-1-11-44(39)49/h1-20,34-38,54-58,67-71H,21-33,65H2,(H2,66,78)(H,72,77)(H,73,80)(H,74,79)(H,75,82)(H,76,81)/t54-,55-,56+,57+,58-/m0/s1. The summed E-state index contributed by atoms with van der Waals surface area (Å²) in [7, 11) is 0. The predicted molar refractivity (Wildman–Crippen MR) is 325 cm³/mol. The number of H-pyrrole nitrogens is 5. The number of ether oxygens (including phenoxy) is 3. The topological polar surface area (TPSA) is 321 Å². The molecule has 5 aromatic carbocycles. The lowest BCUT2D eigenvalue weighted by Crippen LogP contribution is -2.60. The summed E-state index contributed by atoms with van der Waals surface area (Å²) in [5.41, 5.74) is 19.1. The monoisotopic (exact) mass is 1150 g/mol. The first kappa shape index (κ1) is 58.6. The van der Waals surface area contributed by atoms with Crippen LogP contribution in [-0.4, -0.2) is 137 Å². The largest absolute Gasteiger partial charge is 0.379 e. The van der Waals surface area contributed by atoms with Crippen LogP contribution in [0.2, 0.25) is 0 Å². The minimum Gasteiger partial charge on any atom is -0.379 e. The van der Waals surface area contributed by atoms with Gasteiger partial charge in [0, 0.05) is 131 Å². The van der Waals surface area contributed by atoms with E-state index >= 15 is 14.4 Å². The van der Waals surface area contributed by atoms with E-state index in [2.05, 4.69) is 51.5 Å². The van der Waals surface area contributed by atoms with Gasteiger partial charge in [0.25, 0.3) is 0 Å². The first-order valence-corrected chi connectivity index (χ1v) is 28.5. The Morgan fingerprint density at radius 3 is 0.918 bits per heavy atom. The molecule has 0 saturated carbocycles.